The van der Waals surface area contributed by atoms with Gasteiger partial charge in [0.1, 0.15) is 6.10 Å². The van der Waals surface area contributed by atoms with Crippen molar-refractivity contribution in [3.05, 3.63) is 35.9 Å². The van der Waals surface area contributed by atoms with E-state index in [1.165, 1.54) is 0 Å². The van der Waals surface area contributed by atoms with Gasteiger partial charge in [0.05, 0.1) is 25.2 Å². The third kappa shape index (κ3) is 4.27. The molecule has 0 radical (unpaired) electrons. The number of nitrogens with zero attached hydrogens (tertiary/aromatic N) is 1. The van der Waals surface area contributed by atoms with E-state index in [1.54, 1.807) is 7.11 Å². The summed E-state index contributed by atoms with van der Waals surface area (Å²) in [7, 11) is 1.58. The van der Waals surface area contributed by atoms with Crippen LogP contribution in [0.5, 0.6) is 0 Å². The first-order valence-corrected chi connectivity index (χ1v) is 7.35. The zero-order chi connectivity index (χ0) is 15.2. The van der Waals surface area contributed by atoms with Crippen molar-refractivity contribution in [2.24, 2.45) is 5.73 Å². The molecule has 21 heavy (non-hydrogen) atoms. The Morgan fingerprint density at radius 1 is 1.43 bits per heavy atom. The van der Waals surface area contributed by atoms with Crippen LogP contribution in [0.3, 0.4) is 0 Å². The molecule has 3 atom stereocenters. The first-order chi connectivity index (χ1) is 10.1. The van der Waals surface area contributed by atoms with E-state index in [-0.39, 0.29) is 24.2 Å². The topological polar surface area (TPSA) is 64.8 Å². The maximum Gasteiger partial charge on any atom is 0.225 e. The van der Waals surface area contributed by atoms with Crippen LogP contribution in [0.1, 0.15) is 25.0 Å². The number of hydrogen-bond donors (Lipinski definition) is 1. The first-order valence-electron chi connectivity index (χ1n) is 7.35. The van der Waals surface area contributed by atoms with Gasteiger partial charge in [-0.2, -0.15) is 0 Å². The highest BCUT2D eigenvalue weighted by molar-refractivity contribution is 5.77. The van der Waals surface area contributed by atoms with Gasteiger partial charge in [-0.05, 0) is 12.5 Å². The lowest BCUT2D eigenvalue weighted by Crippen LogP contribution is -2.47. The predicted molar refractivity (Wildman–Crippen MR) is 80.8 cm³/mol. The minimum absolute atomic E-state index is 0.0202. The minimum atomic E-state index is -0.217. The van der Waals surface area contributed by atoms with Gasteiger partial charge in [-0.1, -0.05) is 30.3 Å². The van der Waals surface area contributed by atoms with Crippen LogP contribution in [0, 0.1) is 0 Å². The molecule has 2 rings (SSSR count). The maximum atomic E-state index is 12.4. The molecular formula is C16H24N2O3. The number of hydrogen-bond acceptors (Lipinski definition) is 4. The number of amides is 1. The Kier molecular flexibility index (Phi) is 5.73. The third-order valence-electron chi connectivity index (χ3n) is 3.78. The standard InChI is InChI=1S/C16H24N2O3/c1-12-10-18(16(19)8-14(9-17)20-2)11-15(21-12)13-6-4-3-5-7-13/h3-7,12,14-15H,8-11,17H2,1-2H3. The fraction of sp³-hybridized carbons (Fsp3) is 0.562. The van der Waals surface area contributed by atoms with Gasteiger partial charge in [0.25, 0.3) is 0 Å². The minimum Gasteiger partial charge on any atom is -0.380 e. The molecule has 1 aliphatic heterocycles. The van der Waals surface area contributed by atoms with Crippen molar-refractivity contribution in [2.45, 2.75) is 31.7 Å². The summed E-state index contributed by atoms with van der Waals surface area (Å²) in [5.74, 6) is 0.0726. The fourth-order valence-corrected chi connectivity index (χ4v) is 2.59. The summed E-state index contributed by atoms with van der Waals surface area (Å²) in [4.78, 5) is 14.2. The van der Waals surface area contributed by atoms with Crippen molar-refractivity contribution in [1.82, 2.24) is 4.90 Å². The Morgan fingerprint density at radius 2 is 2.14 bits per heavy atom. The molecular weight excluding hydrogens is 268 g/mol. The SMILES string of the molecule is COC(CN)CC(=O)N1CC(C)OC(c2ccccc2)C1. The molecule has 1 aromatic carbocycles. The van der Waals surface area contributed by atoms with Crippen molar-refractivity contribution in [1.29, 1.82) is 0 Å². The Morgan fingerprint density at radius 3 is 2.76 bits per heavy atom. The van der Waals surface area contributed by atoms with Crippen LogP contribution in [0.15, 0.2) is 30.3 Å². The lowest BCUT2D eigenvalue weighted by molar-refractivity contribution is -0.147. The summed E-state index contributed by atoms with van der Waals surface area (Å²) < 4.78 is 11.2. The van der Waals surface area contributed by atoms with Gasteiger partial charge in [0.2, 0.25) is 5.91 Å². The van der Waals surface area contributed by atoms with Crippen molar-refractivity contribution in [2.75, 3.05) is 26.7 Å². The number of morpholine rings is 1. The predicted octanol–water partition coefficient (Wildman–Crippen LogP) is 1.34. The van der Waals surface area contributed by atoms with Gasteiger partial charge < -0.3 is 20.1 Å². The number of rotatable bonds is 5. The van der Waals surface area contributed by atoms with E-state index in [0.717, 1.165) is 5.56 Å². The molecule has 1 amide bonds. The first kappa shape index (κ1) is 15.9. The highest BCUT2D eigenvalue weighted by Crippen LogP contribution is 2.25. The number of nitrogens with two attached hydrogens (primary N) is 1. The summed E-state index contributed by atoms with van der Waals surface area (Å²) in [5.41, 5.74) is 6.69. The van der Waals surface area contributed by atoms with Crippen LogP contribution in [-0.2, 0) is 14.3 Å². The van der Waals surface area contributed by atoms with Gasteiger partial charge in [-0.3, -0.25) is 4.79 Å². The third-order valence-corrected chi connectivity index (χ3v) is 3.78. The lowest BCUT2D eigenvalue weighted by atomic mass is 10.1. The van der Waals surface area contributed by atoms with Crippen molar-refractivity contribution >= 4 is 5.91 Å². The largest absolute Gasteiger partial charge is 0.380 e. The summed E-state index contributed by atoms with van der Waals surface area (Å²) in [6.45, 7) is 3.54. The van der Waals surface area contributed by atoms with Gasteiger partial charge in [0, 0.05) is 20.2 Å². The van der Waals surface area contributed by atoms with Crippen LogP contribution < -0.4 is 5.73 Å². The number of carbonyl (C=O) groups excluding carboxylic acids is 1. The molecule has 1 aliphatic rings. The highest BCUT2D eigenvalue weighted by Gasteiger charge is 2.30. The van der Waals surface area contributed by atoms with Gasteiger partial charge in [-0.15, -0.1) is 0 Å². The molecule has 0 aromatic heterocycles. The van der Waals surface area contributed by atoms with Crippen molar-refractivity contribution in [3.8, 4) is 0 Å². The number of ether oxygens (including phenoxy) is 2. The van der Waals surface area contributed by atoms with Gasteiger partial charge >= 0.3 is 0 Å². The molecule has 5 heteroatoms. The number of benzene rings is 1. The van der Waals surface area contributed by atoms with E-state index in [4.69, 9.17) is 15.2 Å². The van der Waals surface area contributed by atoms with Crippen LogP contribution >= 0.6 is 0 Å². The van der Waals surface area contributed by atoms with E-state index in [1.807, 2.05) is 42.2 Å². The smallest absolute Gasteiger partial charge is 0.225 e. The molecule has 1 fully saturated rings. The van der Waals surface area contributed by atoms with Crippen LogP contribution in [0.4, 0.5) is 0 Å². The molecule has 3 unspecified atom stereocenters. The van der Waals surface area contributed by atoms with Crippen molar-refractivity contribution < 1.29 is 14.3 Å². The highest BCUT2D eigenvalue weighted by atomic mass is 16.5. The monoisotopic (exact) mass is 292 g/mol. The molecule has 0 bridgehead atoms. The van der Waals surface area contributed by atoms with Crippen LogP contribution in [-0.4, -0.2) is 49.8 Å². The average Bonchev–Trinajstić information content (AvgIpc) is 2.52. The van der Waals surface area contributed by atoms with E-state index in [0.29, 0.717) is 26.1 Å². The molecule has 0 saturated carbocycles. The number of carbonyl (C=O) groups is 1. The Labute approximate surface area is 126 Å². The Bertz CT molecular complexity index is 448. The molecule has 116 valence electrons. The average molecular weight is 292 g/mol. The quantitative estimate of drug-likeness (QED) is 0.889. The number of methoxy groups -OCH3 is 1. The molecule has 1 aromatic rings. The summed E-state index contributed by atoms with van der Waals surface area (Å²) in [6.07, 6.45) is 0.0525. The Balaban J connectivity index is 2.02. The van der Waals surface area contributed by atoms with Crippen molar-refractivity contribution in [3.63, 3.8) is 0 Å². The normalized spacial score (nSPS) is 23.9. The summed E-state index contributed by atoms with van der Waals surface area (Å²) in [5, 5.41) is 0. The van der Waals surface area contributed by atoms with E-state index < -0.39 is 0 Å². The van der Waals surface area contributed by atoms with Gasteiger partial charge in [-0.25, -0.2) is 0 Å². The van der Waals surface area contributed by atoms with Crippen LogP contribution in [0.25, 0.3) is 0 Å². The summed E-state index contributed by atoms with van der Waals surface area (Å²) >= 11 is 0. The lowest BCUT2D eigenvalue weighted by Gasteiger charge is -2.37. The summed E-state index contributed by atoms with van der Waals surface area (Å²) in [6, 6.07) is 10.0. The Hall–Kier alpha value is -1.43. The zero-order valence-corrected chi connectivity index (χ0v) is 12.7. The second-order valence-corrected chi connectivity index (χ2v) is 5.44. The molecule has 0 aliphatic carbocycles. The molecule has 5 nitrogen and oxygen atoms in total. The molecule has 1 heterocycles. The van der Waals surface area contributed by atoms with E-state index in [2.05, 4.69) is 0 Å². The second kappa shape index (κ2) is 7.54. The van der Waals surface area contributed by atoms with E-state index >= 15 is 0 Å². The van der Waals surface area contributed by atoms with Crippen LogP contribution in [0.2, 0.25) is 0 Å². The molecule has 1 saturated heterocycles. The zero-order valence-electron chi connectivity index (χ0n) is 12.7. The molecule has 2 N–H and O–H groups in total. The molecule has 0 spiro atoms. The fourth-order valence-electron chi connectivity index (χ4n) is 2.59. The maximum absolute atomic E-state index is 12.4. The van der Waals surface area contributed by atoms with E-state index in [9.17, 15) is 4.79 Å². The van der Waals surface area contributed by atoms with Gasteiger partial charge in [0.15, 0.2) is 0 Å². The second-order valence-electron chi connectivity index (χ2n) is 5.44.